The molecular weight excluding hydrogens is 228 g/mol. The van der Waals surface area contributed by atoms with Crippen LogP contribution in [-0.2, 0) is 20.8 Å². The quantitative estimate of drug-likeness (QED) is 0.457. The van der Waals surface area contributed by atoms with Crippen LogP contribution in [0.4, 0.5) is 0 Å². The van der Waals surface area contributed by atoms with Crippen LogP contribution in [0.1, 0.15) is 12.0 Å². The Kier molecular flexibility index (Phi) is 2.78. The third kappa shape index (κ3) is 2.60. The minimum absolute atomic E-state index is 0.0691. The summed E-state index contributed by atoms with van der Waals surface area (Å²) in [6.07, 6.45) is -0.651. The first kappa shape index (κ1) is 11.1. The molecule has 1 aliphatic heterocycles. The second-order valence-electron chi connectivity index (χ2n) is 3.48. The zero-order chi connectivity index (χ0) is 12.4. The molecule has 0 spiro atoms. The van der Waals surface area contributed by atoms with E-state index in [0.717, 1.165) is 0 Å². The predicted octanol–water partition coefficient (Wildman–Crippen LogP) is 0.528. The van der Waals surface area contributed by atoms with Crippen molar-refractivity contribution in [2.24, 2.45) is 0 Å². The number of carbonyl (C=O) groups excluding carboxylic acids is 2. The van der Waals surface area contributed by atoms with E-state index >= 15 is 0 Å². The van der Waals surface area contributed by atoms with Gasteiger partial charge in [-0.1, -0.05) is 6.07 Å². The largest absolute Gasteiger partial charge is 0.481 e. The second-order valence-corrected chi connectivity index (χ2v) is 3.48. The molecule has 17 heavy (non-hydrogen) atoms. The highest BCUT2D eigenvalue weighted by Gasteiger charge is 2.22. The smallest absolute Gasteiger partial charge is 0.322 e. The van der Waals surface area contributed by atoms with Crippen LogP contribution in [0, 0.1) is 0 Å². The molecule has 88 valence electrons. The summed E-state index contributed by atoms with van der Waals surface area (Å²) in [6.45, 7) is 0. The van der Waals surface area contributed by atoms with Crippen LogP contribution in [0.2, 0.25) is 0 Å². The van der Waals surface area contributed by atoms with E-state index in [9.17, 15) is 14.4 Å². The van der Waals surface area contributed by atoms with Crippen molar-refractivity contribution in [1.29, 1.82) is 0 Å². The van der Waals surface area contributed by atoms with Crippen molar-refractivity contribution in [3.05, 3.63) is 23.8 Å². The van der Waals surface area contributed by atoms with E-state index in [1.54, 1.807) is 0 Å². The van der Waals surface area contributed by atoms with Gasteiger partial charge in [0.25, 0.3) is 0 Å². The lowest BCUT2D eigenvalue weighted by Gasteiger charge is -2.06. The molecule has 0 amide bonds. The van der Waals surface area contributed by atoms with Crippen molar-refractivity contribution in [2.45, 2.75) is 12.8 Å². The molecule has 1 N–H and O–H groups in total. The molecule has 1 heterocycles. The minimum atomic E-state index is -0.998. The summed E-state index contributed by atoms with van der Waals surface area (Å²) in [5, 5.41) is 8.63. The molecular formula is C11H8O6. The van der Waals surface area contributed by atoms with E-state index in [-0.39, 0.29) is 17.9 Å². The molecule has 0 bridgehead atoms. The summed E-state index contributed by atoms with van der Waals surface area (Å²) >= 11 is 0. The maximum atomic E-state index is 11.2. The number of aliphatic carboxylic acids is 1. The van der Waals surface area contributed by atoms with Crippen molar-refractivity contribution in [3.8, 4) is 11.5 Å². The first-order chi connectivity index (χ1) is 8.04. The molecule has 0 fully saturated rings. The summed E-state index contributed by atoms with van der Waals surface area (Å²) < 4.78 is 9.73. The van der Waals surface area contributed by atoms with E-state index < -0.39 is 24.3 Å². The molecule has 6 heteroatoms. The van der Waals surface area contributed by atoms with Gasteiger partial charge in [0, 0.05) is 0 Å². The average Bonchev–Trinajstić information content (AvgIpc) is 2.33. The molecule has 0 aromatic heterocycles. The van der Waals surface area contributed by atoms with Crippen molar-refractivity contribution >= 4 is 17.9 Å². The number of esters is 2. The third-order valence-electron chi connectivity index (χ3n) is 2.10. The van der Waals surface area contributed by atoms with Gasteiger partial charge in [-0.15, -0.1) is 0 Å². The van der Waals surface area contributed by atoms with Gasteiger partial charge in [0.2, 0.25) is 0 Å². The minimum Gasteiger partial charge on any atom is -0.481 e. The summed E-state index contributed by atoms with van der Waals surface area (Å²) in [6, 6.07) is 4.28. The van der Waals surface area contributed by atoms with Gasteiger partial charge in [-0.25, -0.2) is 0 Å². The summed E-state index contributed by atoms with van der Waals surface area (Å²) in [7, 11) is 0. The zero-order valence-corrected chi connectivity index (χ0v) is 8.63. The van der Waals surface area contributed by atoms with Gasteiger partial charge in [0.1, 0.15) is 6.42 Å². The van der Waals surface area contributed by atoms with E-state index in [4.69, 9.17) is 14.6 Å². The van der Waals surface area contributed by atoms with Crippen LogP contribution < -0.4 is 9.47 Å². The molecule has 6 nitrogen and oxygen atoms in total. The van der Waals surface area contributed by atoms with Crippen LogP contribution in [0.25, 0.3) is 0 Å². The highest BCUT2D eigenvalue weighted by molar-refractivity contribution is 5.95. The number of rotatable bonds is 2. The lowest BCUT2D eigenvalue weighted by Crippen LogP contribution is -2.13. The number of hydrogen-bond acceptors (Lipinski definition) is 5. The van der Waals surface area contributed by atoms with Gasteiger partial charge < -0.3 is 14.6 Å². The van der Waals surface area contributed by atoms with Crippen LogP contribution >= 0.6 is 0 Å². The van der Waals surface area contributed by atoms with Crippen LogP contribution in [0.15, 0.2) is 18.2 Å². The summed E-state index contributed by atoms with van der Waals surface area (Å²) in [5.41, 5.74) is 0.460. The topological polar surface area (TPSA) is 89.9 Å². The molecule has 0 radical (unpaired) electrons. The normalized spacial score (nSPS) is 14.4. The van der Waals surface area contributed by atoms with Crippen molar-refractivity contribution in [3.63, 3.8) is 0 Å². The monoisotopic (exact) mass is 236 g/mol. The van der Waals surface area contributed by atoms with Crippen LogP contribution in [0.5, 0.6) is 11.5 Å². The Morgan fingerprint density at radius 3 is 2.47 bits per heavy atom. The fourth-order valence-corrected chi connectivity index (χ4v) is 1.44. The zero-order valence-electron chi connectivity index (χ0n) is 8.63. The first-order valence-corrected chi connectivity index (χ1v) is 4.80. The maximum Gasteiger partial charge on any atom is 0.322 e. The standard InChI is InChI=1S/C11H8O6/c12-9(13)4-6-1-2-7-8(3-6)17-11(15)5-10(14)16-7/h1-3H,4-5H2,(H,12,13). The number of fused-ring (bicyclic) bond motifs is 1. The van der Waals surface area contributed by atoms with Crippen molar-refractivity contribution in [2.75, 3.05) is 0 Å². The van der Waals surface area contributed by atoms with Crippen LogP contribution in [0.3, 0.4) is 0 Å². The predicted molar refractivity (Wildman–Crippen MR) is 53.7 cm³/mol. The average molecular weight is 236 g/mol. The van der Waals surface area contributed by atoms with Gasteiger partial charge >= 0.3 is 17.9 Å². The highest BCUT2D eigenvalue weighted by Crippen LogP contribution is 2.31. The molecule has 0 aliphatic carbocycles. The number of ether oxygens (including phenoxy) is 2. The Bertz CT molecular complexity index is 505. The Labute approximate surface area is 95.8 Å². The number of carboxylic acids is 1. The molecule has 1 aromatic rings. The number of hydrogen-bond donors (Lipinski definition) is 1. The SMILES string of the molecule is O=C(O)Cc1ccc2c(c1)OC(=O)CC(=O)O2. The van der Waals surface area contributed by atoms with E-state index in [1.165, 1.54) is 18.2 Å². The molecule has 0 unspecified atom stereocenters. The van der Waals surface area contributed by atoms with E-state index in [2.05, 4.69) is 0 Å². The summed E-state index contributed by atoms with van der Waals surface area (Å²) in [5.74, 6) is -2.22. The molecule has 0 saturated heterocycles. The molecule has 1 aliphatic rings. The van der Waals surface area contributed by atoms with Gasteiger partial charge in [0.15, 0.2) is 11.5 Å². The summed E-state index contributed by atoms with van der Waals surface area (Å²) in [4.78, 5) is 32.8. The number of carbonyl (C=O) groups is 3. The van der Waals surface area contributed by atoms with Crippen molar-refractivity contribution < 1.29 is 29.0 Å². The second kappa shape index (κ2) is 4.25. The Hall–Kier alpha value is -2.37. The number of carboxylic acid groups (broad SMARTS) is 1. The number of benzene rings is 1. The molecule has 1 aromatic carbocycles. The Morgan fingerprint density at radius 2 is 1.82 bits per heavy atom. The van der Waals surface area contributed by atoms with Gasteiger partial charge in [-0.2, -0.15) is 0 Å². The molecule has 0 atom stereocenters. The van der Waals surface area contributed by atoms with E-state index in [0.29, 0.717) is 5.56 Å². The fraction of sp³-hybridized carbons (Fsp3) is 0.182. The van der Waals surface area contributed by atoms with E-state index in [1.807, 2.05) is 0 Å². The highest BCUT2D eigenvalue weighted by atomic mass is 16.6. The molecule has 0 saturated carbocycles. The lowest BCUT2D eigenvalue weighted by molar-refractivity contribution is -0.142. The van der Waals surface area contributed by atoms with Crippen molar-refractivity contribution in [1.82, 2.24) is 0 Å². The lowest BCUT2D eigenvalue weighted by atomic mass is 10.1. The fourth-order valence-electron chi connectivity index (χ4n) is 1.44. The van der Waals surface area contributed by atoms with Gasteiger partial charge in [0.05, 0.1) is 6.42 Å². The Morgan fingerprint density at radius 1 is 1.18 bits per heavy atom. The first-order valence-electron chi connectivity index (χ1n) is 4.80. The maximum absolute atomic E-state index is 11.2. The van der Waals surface area contributed by atoms with Gasteiger partial charge in [-0.05, 0) is 17.7 Å². The Balaban J connectivity index is 2.34. The third-order valence-corrected chi connectivity index (χ3v) is 2.10. The van der Waals surface area contributed by atoms with Crippen LogP contribution in [-0.4, -0.2) is 23.0 Å². The molecule has 2 rings (SSSR count). The van der Waals surface area contributed by atoms with Gasteiger partial charge in [-0.3, -0.25) is 14.4 Å².